The first kappa shape index (κ1) is 23.7. The van der Waals surface area contributed by atoms with Crippen molar-refractivity contribution in [1.29, 1.82) is 0 Å². The van der Waals surface area contributed by atoms with Gasteiger partial charge in [0.25, 0.3) is 5.91 Å². The summed E-state index contributed by atoms with van der Waals surface area (Å²) in [6.07, 6.45) is 4.04. The second kappa shape index (κ2) is 9.42. The van der Waals surface area contributed by atoms with Crippen molar-refractivity contribution >= 4 is 44.3 Å². The molecule has 2 aromatic heterocycles. The van der Waals surface area contributed by atoms with Gasteiger partial charge in [0, 0.05) is 30.5 Å². The lowest BCUT2D eigenvalue weighted by Crippen LogP contribution is -2.39. The first-order chi connectivity index (χ1) is 16.1. The van der Waals surface area contributed by atoms with Crippen LogP contribution in [0.1, 0.15) is 48.8 Å². The van der Waals surface area contributed by atoms with E-state index < -0.39 is 5.60 Å². The Morgan fingerprint density at radius 1 is 1.21 bits per heavy atom. The van der Waals surface area contributed by atoms with Gasteiger partial charge in [0.05, 0.1) is 11.8 Å². The summed E-state index contributed by atoms with van der Waals surface area (Å²) in [7, 11) is 1.60. The van der Waals surface area contributed by atoms with Gasteiger partial charge in [-0.05, 0) is 69.5 Å². The average Bonchev–Trinajstić information content (AvgIpc) is 3.21. The average molecular weight is 481 g/mol. The molecule has 9 heteroatoms. The number of carbonyl (C=O) groups excluding carboxylic acids is 2. The van der Waals surface area contributed by atoms with Gasteiger partial charge in [-0.2, -0.15) is 0 Å². The number of rotatable bonds is 4. The number of carbonyl (C=O) groups is 2. The largest absolute Gasteiger partial charge is 0.494 e. The van der Waals surface area contributed by atoms with Gasteiger partial charge in [-0.3, -0.25) is 15.1 Å². The van der Waals surface area contributed by atoms with Gasteiger partial charge in [0.1, 0.15) is 16.9 Å². The third-order valence-corrected chi connectivity index (χ3v) is 6.32. The number of aryl methyl sites for hydroxylation is 1. The van der Waals surface area contributed by atoms with Gasteiger partial charge in [-0.1, -0.05) is 17.4 Å². The molecule has 0 aliphatic carbocycles. The van der Waals surface area contributed by atoms with E-state index in [9.17, 15) is 9.59 Å². The zero-order chi connectivity index (χ0) is 24.5. The van der Waals surface area contributed by atoms with Crippen LogP contribution in [0, 0.1) is 6.92 Å². The van der Waals surface area contributed by atoms with Crippen LogP contribution < -0.4 is 10.1 Å². The summed E-state index contributed by atoms with van der Waals surface area (Å²) in [5.74, 6) is 0.400. The molecule has 34 heavy (non-hydrogen) atoms. The van der Waals surface area contributed by atoms with Crippen LogP contribution in [0.2, 0.25) is 0 Å². The number of methoxy groups -OCH3 is 1. The standard InChI is InChI=1S/C25H28N4O4S/c1-15-14-17(8-11-26-15)22(30)28-23-27-20-19(32-5)7-6-18(21(20)34-23)16-9-12-29(13-10-16)24(31)33-25(2,3)4/h6-9,11,14H,10,12-13H2,1-5H3,(H,27,28,30). The van der Waals surface area contributed by atoms with Crippen molar-refractivity contribution in [3.8, 4) is 5.75 Å². The number of ether oxygens (including phenoxy) is 2. The number of fused-ring (bicyclic) bond motifs is 1. The molecule has 0 bridgehead atoms. The van der Waals surface area contributed by atoms with Crippen molar-refractivity contribution in [2.45, 2.75) is 39.7 Å². The molecule has 1 N–H and O–H groups in total. The predicted molar refractivity (Wildman–Crippen MR) is 134 cm³/mol. The maximum absolute atomic E-state index is 12.7. The van der Waals surface area contributed by atoms with Gasteiger partial charge in [-0.25, -0.2) is 9.78 Å². The lowest BCUT2D eigenvalue weighted by atomic mass is 9.99. The molecule has 1 aromatic carbocycles. The van der Waals surface area contributed by atoms with Crippen LogP contribution in [0.3, 0.4) is 0 Å². The van der Waals surface area contributed by atoms with E-state index in [0.717, 1.165) is 21.5 Å². The molecule has 0 atom stereocenters. The number of anilines is 1. The minimum absolute atomic E-state index is 0.241. The van der Waals surface area contributed by atoms with E-state index >= 15 is 0 Å². The van der Waals surface area contributed by atoms with E-state index in [1.807, 2.05) is 45.9 Å². The first-order valence-corrected chi connectivity index (χ1v) is 11.8. The smallest absolute Gasteiger partial charge is 0.410 e. The van der Waals surface area contributed by atoms with Gasteiger partial charge in [-0.15, -0.1) is 0 Å². The van der Waals surface area contributed by atoms with Crippen molar-refractivity contribution in [1.82, 2.24) is 14.9 Å². The van der Waals surface area contributed by atoms with Gasteiger partial charge >= 0.3 is 6.09 Å². The predicted octanol–water partition coefficient (Wildman–Crippen LogP) is 5.28. The number of hydrogen-bond donors (Lipinski definition) is 1. The summed E-state index contributed by atoms with van der Waals surface area (Å²) in [4.78, 5) is 35.6. The summed E-state index contributed by atoms with van der Waals surface area (Å²) in [6, 6.07) is 7.30. The maximum atomic E-state index is 12.7. The molecule has 0 radical (unpaired) electrons. The first-order valence-electron chi connectivity index (χ1n) is 11.0. The molecule has 1 aliphatic heterocycles. The van der Waals surface area contributed by atoms with Crippen molar-refractivity contribution < 1.29 is 19.1 Å². The molecular formula is C25H28N4O4S. The van der Waals surface area contributed by atoms with Crippen LogP contribution in [-0.2, 0) is 4.74 Å². The quantitative estimate of drug-likeness (QED) is 0.546. The Kier molecular flexibility index (Phi) is 6.56. The molecule has 0 saturated heterocycles. The second-order valence-electron chi connectivity index (χ2n) is 9.06. The van der Waals surface area contributed by atoms with Crippen molar-refractivity contribution in [2.75, 3.05) is 25.5 Å². The molecule has 0 fully saturated rings. The normalized spacial score (nSPS) is 14.0. The number of aromatic nitrogens is 2. The highest BCUT2D eigenvalue weighted by Crippen LogP contribution is 2.39. The number of hydrogen-bond acceptors (Lipinski definition) is 7. The molecule has 0 spiro atoms. The lowest BCUT2D eigenvalue weighted by molar-refractivity contribution is 0.0270. The van der Waals surface area contributed by atoms with Gasteiger partial charge in [0.2, 0.25) is 0 Å². The minimum atomic E-state index is -0.526. The highest BCUT2D eigenvalue weighted by molar-refractivity contribution is 7.22. The molecule has 0 saturated carbocycles. The molecule has 3 heterocycles. The highest BCUT2D eigenvalue weighted by atomic mass is 32.1. The highest BCUT2D eigenvalue weighted by Gasteiger charge is 2.25. The fourth-order valence-electron chi connectivity index (χ4n) is 3.72. The second-order valence-corrected chi connectivity index (χ2v) is 10.1. The molecule has 0 unspecified atom stereocenters. The maximum Gasteiger partial charge on any atom is 0.410 e. The molecule has 8 nitrogen and oxygen atoms in total. The van der Waals surface area contributed by atoms with E-state index in [2.05, 4.69) is 15.3 Å². The number of amides is 2. The number of nitrogens with one attached hydrogen (secondary N) is 1. The van der Waals surface area contributed by atoms with E-state index in [1.165, 1.54) is 11.3 Å². The van der Waals surface area contributed by atoms with Crippen LogP contribution in [0.25, 0.3) is 15.8 Å². The third kappa shape index (κ3) is 5.20. The Balaban J connectivity index is 1.60. The number of pyridine rings is 1. The molecule has 3 aromatic rings. The summed E-state index contributed by atoms with van der Waals surface area (Å²) < 4.78 is 11.9. The monoisotopic (exact) mass is 480 g/mol. The number of benzene rings is 1. The Hall–Kier alpha value is -3.46. The molecule has 4 rings (SSSR count). The molecular weight excluding hydrogens is 452 g/mol. The van der Waals surface area contributed by atoms with E-state index in [-0.39, 0.29) is 12.0 Å². The molecule has 2 amide bonds. The zero-order valence-corrected chi connectivity index (χ0v) is 20.8. The summed E-state index contributed by atoms with van der Waals surface area (Å²) in [5.41, 5.74) is 3.61. The van der Waals surface area contributed by atoms with Crippen LogP contribution in [0.15, 0.2) is 36.5 Å². The fraction of sp³-hybridized carbons (Fsp3) is 0.360. The minimum Gasteiger partial charge on any atom is -0.494 e. The number of nitrogens with zero attached hydrogens (tertiary/aromatic N) is 3. The Morgan fingerprint density at radius 2 is 2.00 bits per heavy atom. The van der Waals surface area contributed by atoms with E-state index in [0.29, 0.717) is 41.5 Å². The molecule has 178 valence electrons. The SMILES string of the molecule is COc1ccc(C2=CCN(C(=O)OC(C)(C)C)CC2)c2sc(NC(=O)c3ccnc(C)c3)nc12. The van der Waals surface area contributed by atoms with Crippen LogP contribution in [0.4, 0.5) is 9.93 Å². The van der Waals surface area contributed by atoms with E-state index in [4.69, 9.17) is 9.47 Å². The van der Waals surface area contributed by atoms with E-state index in [1.54, 1.807) is 30.3 Å². The summed E-state index contributed by atoms with van der Waals surface area (Å²) >= 11 is 1.40. The van der Waals surface area contributed by atoms with Crippen molar-refractivity contribution in [3.63, 3.8) is 0 Å². The molecule has 1 aliphatic rings. The van der Waals surface area contributed by atoms with Gasteiger partial charge < -0.3 is 14.4 Å². The van der Waals surface area contributed by atoms with Gasteiger partial charge in [0.15, 0.2) is 5.13 Å². The Bertz CT molecular complexity index is 1280. The fourth-order valence-corrected chi connectivity index (χ4v) is 4.74. The third-order valence-electron chi connectivity index (χ3n) is 5.31. The Morgan fingerprint density at radius 3 is 2.65 bits per heavy atom. The van der Waals surface area contributed by atoms with Crippen molar-refractivity contribution in [3.05, 3.63) is 53.4 Å². The Labute approximate surface area is 202 Å². The van der Waals surface area contributed by atoms with Crippen LogP contribution in [-0.4, -0.2) is 52.7 Å². The van der Waals surface area contributed by atoms with Crippen LogP contribution >= 0.6 is 11.3 Å². The lowest BCUT2D eigenvalue weighted by Gasteiger charge is -2.29. The van der Waals surface area contributed by atoms with Crippen molar-refractivity contribution in [2.24, 2.45) is 0 Å². The topological polar surface area (TPSA) is 93.7 Å². The van der Waals surface area contributed by atoms with Crippen LogP contribution in [0.5, 0.6) is 5.75 Å². The summed E-state index contributed by atoms with van der Waals surface area (Å²) in [6.45, 7) is 8.47. The summed E-state index contributed by atoms with van der Waals surface area (Å²) in [5, 5.41) is 3.39. The number of thiazole rings is 1. The zero-order valence-electron chi connectivity index (χ0n) is 20.0.